The van der Waals surface area contributed by atoms with E-state index in [-0.39, 0.29) is 37.5 Å². The molecule has 0 radical (unpaired) electrons. The van der Waals surface area contributed by atoms with E-state index in [0.29, 0.717) is 0 Å². The molecule has 1 N–H and O–H groups in total. The van der Waals surface area contributed by atoms with E-state index in [9.17, 15) is 14.3 Å². The molecule has 1 aromatic heterocycles. The van der Waals surface area contributed by atoms with Crippen LogP contribution >= 0.6 is 27.5 Å². The molecule has 2 rings (SSSR count). The average molecular weight is 319 g/mol. The Morgan fingerprint density at radius 2 is 2.24 bits per heavy atom. The second-order valence-electron chi connectivity index (χ2n) is 3.46. The lowest BCUT2D eigenvalue weighted by Crippen LogP contribution is -1.97. The molecule has 1 heterocycles. The number of hydrogen-bond acceptors (Lipinski definition) is 3. The van der Waals surface area contributed by atoms with Gasteiger partial charge in [-0.2, -0.15) is 0 Å². The van der Waals surface area contributed by atoms with Crippen LogP contribution in [0.5, 0.6) is 5.75 Å². The number of carbonyl (C=O) groups excluding carboxylic acids is 1. The van der Waals surface area contributed by atoms with Gasteiger partial charge in [0.05, 0.1) is 15.1 Å². The summed E-state index contributed by atoms with van der Waals surface area (Å²) in [6.07, 6.45) is 1.14. The molecule has 0 saturated carbocycles. The van der Waals surface area contributed by atoms with Crippen molar-refractivity contribution in [2.75, 3.05) is 0 Å². The normalized spacial score (nSPS) is 10.8. The zero-order valence-electron chi connectivity index (χ0n) is 8.59. The Hall–Kier alpha value is -1.20. The van der Waals surface area contributed by atoms with Gasteiger partial charge in [0.15, 0.2) is 11.6 Å². The molecular weight excluding hydrogens is 312 g/mol. The molecule has 0 aliphatic rings. The third-order valence-corrected chi connectivity index (χ3v) is 3.65. The fourth-order valence-corrected chi connectivity index (χ4v) is 1.98. The van der Waals surface area contributed by atoms with Gasteiger partial charge >= 0.3 is 0 Å². The van der Waals surface area contributed by atoms with Crippen LogP contribution in [0.1, 0.15) is 17.3 Å². The lowest BCUT2D eigenvalue weighted by molar-refractivity contribution is 0.101. The van der Waals surface area contributed by atoms with Gasteiger partial charge in [0, 0.05) is 11.6 Å². The number of aromatic nitrogens is 1. The van der Waals surface area contributed by atoms with Gasteiger partial charge in [0.1, 0.15) is 11.3 Å². The highest BCUT2D eigenvalue weighted by atomic mass is 79.9. The zero-order chi connectivity index (χ0) is 12.7. The largest absolute Gasteiger partial charge is 0.506 e. The predicted molar refractivity (Wildman–Crippen MR) is 66.1 cm³/mol. The number of benzene rings is 1. The van der Waals surface area contributed by atoms with Gasteiger partial charge in [-0.3, -0.25) is 9.78 Å². The molecule has 0 fully saturated rings. The molecule has 1 aromatic carbocycles. The van der Waals surface area contributed by atoms with Gasteiger partial charge < -0.3 is 5.11 Å². The molecule has 0 unspecified atom stereocenters. The van der Waals surface area contributed by atoms with Gasteiger partial charge in [-0.05, 0) is 28.9 Å². The standard InChI is InChI=1S/C11H6BrClFNO2/c1-4(16)6-3-15-10-5(11(6)17)2-7(13)8(12)9(10)14/h2-3H,1H3,(H,15,17). The Morgan fingerprint density at radius 1 is 1.59 bits per heavy atom. The maximum atomic E-state index is 13.8. The maximum absolute atomic E-state index is 13.8. The summed E-state index contributed by atoms with van der Waals surface area (Å²) in [7, 11) is 0. The minimum atomic E-state index is -0.669. The van der Waals surface area contributed by atoms with Crippen molar-refractivity contribution >= 4 is 44.2 Å². The highest BCUT2D eigenvalue weighted by Gasteiger charge is 2.17. The van der Waals surface area contributed by atoms with Crippen LogP contribution in [0, 0.1) is 5.82 Å². The van der Waals surface area contributed by atoms with E-state index in [1.807, 2.05) is 0 Å². The average Bonchev–Trinajstić information content (AvgIpc) is 2.27. The third kappa shape index (κ3) is 1.89. The summed E-state index contributed by atoms with van der Waals surface area (Å²) in [5.41, 5.74) is -0.000867. The molecule has 0 atom stereocenters. The molecule has 0 bridgehead atoms. The van der Waals surface area contributed by atoms with Crippen molar-refractivity contribution in [2.45, 2.75) is 6.92 Å². The van der Waals surface area contributed by atoms with Crippen LogP contribution in [-0.2, 0) is 0 Å². The van der Waals surface area contributed by atoms with Crippen LogP contribution in [-0.4, -0.2) is 15.9 Å². The molecule has 0 aliphatic carbocycles. The van der Waals surface area contributed by atoms with Crippen LogP contribution in [0.3, 0.4) is 0 Å². The maximum Gasteiger partial charge on any atom is 0.165 e. The molecule has 0 spiro atoms. The van der Waals surface area contributed by atoms with Crippen molar-refractivity contribution in [1.29, 1.82) is 0 Å². The van der Waals surface area contributed by atoms with Crippen LogP contribution in [0.4, 0.5) is 4.39 Å². The molecule has 3 nitrogen and oxygen atoms in total. The topological polar surface area (TPSA) is 50.2 Å². The Kier molecular flexibility index (Phi) is 3.05. The molecule has 0 saturated heterocycles. The zero-order valence-corrected chi connectivity index (χ0v) is 10.9. The first-order valence-corrected chi connectivity index (χ1v) is 5.76. The molecule has 0 aliphatic heterocycles. The van der Waals surface area contributed by atoms with Crippen molar-refractivity contribution in [3.8, 4) is 5.75 Å². The van der Waals surface area contributed by atoms with E-state index in [2.05, 4.69) is 20.9 Å². The molecular formula is C11H6BrClFNO2. The number of rotatable bonds is 1. The Morgan fingerprint density at radius 3 is 2.82 bits per heavy atom. The summed E-state index contributed by atoms with van der Waals surface area (Å²) < 4.78 is 13.9. The molecule has 6 heteroatoms. The summed E-state index contributed by atoms with van der Waals surface area (Å²) in [4.78, 5) is 15.0. The number of Topliss-reactive ketones (excluding diaryl/α,β-unsaturated/α-hetero) is 1. The molecule has 2 aromatic rings. The SMILES string of the molecule is CC(=O)c1cnc2c(F)c(Br)c(Cl)cc2c1O. The first-order chi connectivity index (χ1) is 7.93. The van der Waals surface area contributed by atoms with Crippen molar-refractivity contribution in [1.82, 2.24) is 4.98 Å². The Labute approximate surface area is 109 Å². The van der Waals surface area contributed by atoms with Crippen molar-refractivity contribution in [3.05, 3.63) is 33.1 Å². The van der Waals surface area contributed by atoms with Gasteiger partial charge in [-0.15, -0.1) is 0 Å². The van der Waals surface area contributed by atoms with Crippen LogP contribution in [0.15, 0.2) is 16.7 Å². The number of ketones is 1. The van der Waals surface area contributed by atoms with Crippen LogP contribution < -0.4 is 0 Å². The van der Waals surface area contributed by atoms with E-state index < -0.39 is 5.82 Å². The highest BCUT2D eigenvalue weighted by Crippen LogP contribution is 2.36. The van der Waals surface area contributed by atoms with Gasteiger partial charge in [0.25, 0.3) is 0 Å². The third-order valence-electron chi connectivity index (χ3n) is 2.35. The van der Waals surface area contributed by atoms with E-state index in [1.165, 1.54) is 13.0 Å². The second kappa shape index (κ2) is 4.23. The summed E-state index contributed by atoms with van der Waals surface area (Å²) in [5.74, 6) is -1.33. The summed E-state index contributed by atoms with van der Waals surface area (Å²) >= 11 is 8.76. The second-order valence-corrected chi connectivity index (χ2v) is 4.66. The van der Waals surface area contributed by atoms with E-state index in [1.54, 1.807) is 0 Å². The summed E-state index contributed by atoms with van der Waals surface area (Å²) in [5, 5.41) is 10.1. The number of nitrogens with zero attached hydrogens (tertiary/aromatic N) is 1. The fraction of sp³-hybridized carbons (Fsp3) is 0.0909. The number of aromatic hydroxyl groups is 1. The fourth-order valence-electron chi connectivity index (χ4n) is 1.49. The smallest absolute Gasteiger partial charge is 0.165 e. The van der Waals surface area contributed by atoms with Crippen molar-refractivity contribution in [3.63, 3.8) is 0 Å². The Balaban J connectivity index is 2.92. The Bertz CT molecular complexity index is 645. The number of carbonyl (C=O) groups is 1. The number of hydrogen-bond donors (Lipinski definition) is 1. The lowest BCUT2D eigenvalue weighted by Gasteiger charge is -2.07. The van der Waals surface area contributed by atoms with Crippen LogP contribution in [0.25, 0.3) is 10.9 Å². The quantitative estimate of drug-likeness (QED) is 0.644. The summed E-state index contributed by atoms with van der Waals surface area (Å²) in [6.45, 7) is 1.29. The predicted octanol–water partition coefficient (Wildman–Crippen LogP) is 3.70. The van der Waals surface area contributed by atoms with E-state index in [0.717, 1.165) is 6.20 Å². The number of pyridine rings is 1. The lowest BCUT2D eigenvalue weighted by atomic mass is 10.1. The number of halogens is 3. The molecule has 88 valence electrons. The van der Waals surface area contributed by atoms with E-state index in [4.69, 9.17) is 11.6 Å². The first kappa shape index (κ1) is 12.3. The monoisotopic (exact) mass is 317 g/mol. The summed E-state index contributed by atoms with van der Waals surface area (Å²) in [6, 6.07) is 1.36. The van der Waals surface area contributed by atoms with E-state index >= 15 is 0 Å². The van der Waals surface area contributed by atoms with Gasteiger partial charge in [-0.1, -0.05) is 11.6 Å². The molecule has 17 heavy (non-hydrogen) atoms. The first-order valence-electron chi connectivity index (χ1n) is 4.59. The minimum Gasteiger partial charge on any atom is -0.506 e. The minimum absolute atomic E-state index is 0.0373. The van der Waals surface area contributed by atoms with Crippen molar-refractivity contribution in [2.24, 2.45) is 0 Å². The van der Waals surface area contributed by atoms with Crippen LogP contribution in [0.2, 0.25) is 5.02 Å². The van der Waals surface area contributed by atoms with Gasteiger partial charge in [0.2, 0.25) is 0 Å². The number of fused-ring (bicyclic) bond motifs is 1. The highest BCUT2D eigenvalue weighted by molar-refractivity contribution is 9.10. The van der Waals surface area contributed by atoms with Gasteiger partial charge in [-0.25, -0.2) is 4.39 Å². The van der Waals surface area contributed by atoms with Crippen molar-refractivity contribution < 1.29 is 14.3 Å². The molecule has 0 amide bonds.